The number of aryl methyl sites for hydroxylation is 2. The van der Waals surface area contributed by atoms with E-state index in [0.29, 0.717) is 18.0 Å². The van der Waals surface area contributed by atoms with Crippen molar-refractivity contribution in [2.45, 2.75) is 12.8 Å². The van der Waals surface area contributed by atoms with Gasteiger partial charge < -0.3 is 15.4 Å². The first-order valence-corrected chi connectivity index (χ1v) is 9.44. The number of aromatic nitrogens is 2. The lowest BCUT2D eigenvalue weighted by atomic mass is 9.90. The smallest absolute Gasteiger partial charge is 0.229 e. The largest absolute Gasteiger partial charge is 0.455 e. The van der Waals surface area contributed by atoms with Gasteiger partial charge in [-0.1, -0.05) is 29.8 Å². The third-order valence-corrected chi connectivity index (χ3v) is 5.10. The standard InChI is InChI=1S/C22H24N4O2.ClH/c1-15-7-9-17(10-8-15)28-21-6-4-3-5-20(21)25-22(27)19-13-23-12-18(19)16-11-24-26(2)14-16;/h3-11,14,18-19,23H,12-13H2,1-2H3,(H,25,27);1H/t18-,19+;/m1./s1. The van der Waals surface area contributed by atoms with Crippen molar-refractivity contribution in [1.82, 2.24) is 15.1 Å². The highest BCUT2D eigenvalue weighted by molar-refractivity contribution is 5.95. The van der Waals surface area contributed by atoms with Crippen LogP contribution in [0.1, 0.15) is 17.0 Å². The molecular formula is C22H25ClN4O2. The van der Waals surface area contributed by atoms with Gasteiger partial charge >= 0.3 is 0 Å². The van der Waals surface area contributed by atoms with Crippen LogP contribution in [0.15, 0.2) is 60.9 Å². The maximum Gasteiger partial charge on any atom is 0.229 e. The number of benzene rings is 2. The Kier molecular flexibility index (Phi) is 6.56. The van der Waals surface area contributed by atoms with E-state index in [0.717, 1.165) is 17.9 Å². The van der Waals surface area contributed by atoms with Gasteiger partial charge in [-0.15, -0.1) is 12.4 Å². The Balaban J connectivity index is 0.00000240. The van der Waals surface area contributed by atoms with E-state index in [4.69, 9.17) is 4.74 Å². The van der Waals surface area contributed by atoms with Crippen LogP contribution in [0.25, 0.3) is 0 Å². The van der Waals surface area contributed by atoms with E-state index in [1.54, 1.807) is 4.68 Å². The Hall–Kier alpha value is -2.83. The van der Waals surface area contributed by atoms with Gasteiger partial charge in [0.15, 0.2) is 5.75 Å². The van der Waals surface area contributed by atoms with Crippen LogP contribution in [0.5, 0.6) is 11.5 Å². The van der Waals surface area contributed by atoms with Crippen molar-refractivity contribution >= 4 is 24.0 Å². The normalized spacial score (nSPS) is 18.1. The number of hydrogen-bond donors (Lipinski definition) is 2. The van der Waals surface area contributed by atoms with E-state index in [1.807, 2.05) is 74.9 Å². The monoisotopic (exact) mass is 412 g/mol. The summed E-state index contributed by atoms with van der Waals surface area (Å²) >= 11 is 0. The molecule has 0 bridgehead atoms. The van der Waals surface area contributed by atoms with Crippen molar-refractivity contribution in [3.05, 3.63) is 72.1 Å². The topological polar surface area (TPSA) is 68.2 Å². The van der Waals surface area contributed by atoms with Crippen molar-refractivity contribution in [2.24, 2.45) is 13.0 Å². The Morgan fingerprint density at radius 1 is 1.17 bits per heavy atom. The zero-order valence-electron chi connectivity index (χ0n) is 16.5. The van der Waals surface area contributed by atoms with Crippen LogP contribution >= 0.6 is 12.4 Å². The second-order valence-electron chi connectivity index (χ2n) is 7.22. The van der Waals surface area contributed by atoms with E-state index in [1.165, 1.54) is 5.56 Å². The summed E-state index contributed by atoms with van der Waals surface area (Å²) in [6.45, 7) is 3.45. The van der Waals surface area contributed by atoms with Gasteiger partial charge in [0.05, 0.1) is 17.8 Å². The number of amides is 1. The summed E-state index contributed by atoms with van der Waals surface area (Å²) in [5.74, 6) is 1.31. The molecule has 0 unspecified atom stereocenters. The van der Waals surface area contributed by atoms with Crippen molar-refractivity contribution in [2.75, 3.05) is 18.4 Å². The van der Waals surface area contributed by atoms with Gasteiger partial charge in [-0.05, 0) is 36.8 Å². The molecule has 4 rings (SSSR count). The van der Waals surface area contributed by atoms with E-state index >= 15 is 0 Å². The van der Waals surface area contributed by atoms with Crippen molar-refractivity contribution in [3.8, 4) is 11.5 Å². The number of carbonyl (C=O) groups is 1. The molecule has 0 radical (unpaired) electrons. The van der Waals surface area contributed by atoms with Crippen LogP contribution in [-0.2, 0) is 11.8 Å². The molecule has 6 nitrogen and oxygen atoms in total. The predicted molar refractivity (Wildman–Crippen MR) is 116 cm³/mol. The average Bonchev–Trinajstić information content (AvgIpc) is 3.34. The second-order valence-corrected chi connectivity index (χ2v) is 7.22. The molecule has 29 heavy (non-hydrogen) atoms. The maximum atomic E-state index is 13.0. The van der Waals surface area contributed by atoms with E-state index in [9.17, 15) is 4.79 Å². The Labute approximate surface area is 176 Å². The molecule has 2 heterocycles. The molecule has 0 spiro atoms. The lowest BCUT2D eigenvalue weighted by Gasteiger charge is -2.18. The number of nitrogens with one attached hydrogen (secondary N) is 2. The first-order valence-electron chi connectivity index (χ1n) is 9.44. The van der Waals surface area contributed by atoms with Crippen LogP contribution < -0.4 is 15.4 Å². The molecule has 1 saturated heterocycles. The highest BCUT2D eigenvalue weighted by Gasteiger charge is 2.35. The summed E-state index contributed by atoms with van der Waals surface area (Å²) in [6, 6.07) is 15.4. The minimum absolute atomic E-state index is 0. The third-order valence-electron chi connectivity index (χ3n) is 5.10. The number of nitrogens with zero attached hydrogens (tertiary/aromatic N) is 2. The summed E-state index contributed by atoms with van der Waals surface area (Å²) < 4.78 is 7.77. The highest BCUT2D eigenvalue weighted by Crippen LogP contribution is 2.32. The Morgan fingerprint density at radius 3 is 2.66 bits per heavy atom. The third kappa shape index (κ3) is 4.78. The molecule has 152 valence electrons. The molecule has 2 atom stereocenters. The van der Waals surface area contributed by atoms with Gasteiger partial charge in [-0.25, -0.2) is 0 Å². The first-order chi connectivity index (χ1) is 13.6. The molecule has 7 heteroatoms. The number of rotatable bonds is 5. The summed E-state index contributed by atoms with van der Waals surface area (Å²) in [4.78, 5) is 13.0. The molecule has 1 amide bonds. The van der Waals surface area contributed by atoms with Crippen molar-refractivity contribution in [1.29, 1.82) is 0 Å². The van der Waals surface area contributed by atoms with Crippen LogP contribution in [0.3, 0.4) is 0 Å². The molecule has 2 N–H and O–H groups in total. The van der Waals surface area contributed by atoms with Gasteiger partial charge in [0.25, 0.3) is 0 Å². The minimum Gasteiger partial charge on any atom is -0.455 e. The van der Waals surface area contributed by atoms with E-state index < -0.39 is 0 Å². The number of anilines is 1. The van der Waals surface area contributed by atoms with Gasteiger partial charge in [0.1, 0.15) is 5.75 Å². The predicted octanol–water partition coefficient (Wildman–Crippen LogP) is 3.88. The summed E-state index contributed by atoms with van der Waals surface area (Å²) in [5, 5.41) is 10.6. The van der Waals surface area contributed by atoms with Crippen LogP contribution in [0.2, 0.25) is 0 Å². The highest BCUT2D eigenvalue weighted by atomic mass is 35.5. The maximum absolute atomic E-state index is 13.0. The first kappa shape index (κ1) is 20.9. The molecule has 3 aromatic rings. The van der Waals surface area contributed by atoms with Gasteiger partial charge in [-0.3, -0.25) is 9.48 Å². The summed E-state index contributed by atoms with van der Waals surface area (Å²) in [5.41, 5.74) is 2.92. The van der Waals surface area contributed by atoms with Gasteiger partial charge in [0.2, 0.25) is 5.91 Å². The fourth-order valence-corrected chi connectivity index (χ4v) is 3.55. The number of halogens is 1. The Morgan fingerprint density at radius 2 is 1.93 bits per heavy atom. The summed E-state index contributed by atoms with van der Waals surface area (Å²) in [7, 11) is 1.89. The van der Waals surface area contributed by atoms with Crippen molar-refractivity contribution < 1.29 is 9.53 Å². The van der Waals surface area contributed by atoms with Gasteiger partial charge in [-0.2, -0.15) is 5.10 Å². The Bertz CT molecular complexity index is 971. The second kappa shape index (κ2) is 9.11. The molecule has 2 aromatic carbocycles. The SMILES string of the molecule is Cc1ccc(Oc2ccccc2NC(=O)[C@H]2CNC[C@@H]2c2cnn(C)c2)cc1.Cl. The molecular weight excluding hydrogens is 388 g/mol. The van der Waals surface area contributed by atoms with E-state index in [-0.39, 0.29) is 30.2 Å². The number of carbonyl (C=O) groups excluding carboxylic acids is 1. The summed E-state index contributed by atoms with van der Waals surface area (Å²) in [6.07, 6.45) is 3.82. The quantitative estimate of drug-likeness (QED) is 0.667. The lowest BCUT2D eigenvalue weighted by Crippen LogP contribution is -2.28. The number of ether oxygens (including phenoxy) is 1. The number of hydrogen-bond acceptors (Lipinski definition) is 4. The zero-order chi connectivity index (χ0) is 19.5. The van der Waals surface area contributed by atoms with Crippen LogP contribution in [0.4, 0.5) is 5.69 Å². The fourth-order valence-electron chi connectivity index (χ4n) is 3.55. The molecule has 1 aliphatic heterocycles. The van der Waals surface area contributed by atoms with Crippen LogP contribution in [0, 0.1) is 12.8 Å². The zero-order valence-corrected chi connectivity index (χ0v) is 17.3. The molecule has 0 saturated carbocycles. The average molecular weight is 413 g/mol. The number of para-hydroxylation sites is 2. The van der Waals surface area contributed by atoms with E-state index in [2.05, 4.69) is 15.7 Å². The van der Waals surface area contributed by atoms with Crippen LogP contribution in [-0.4, -0.2) is 28.8 Å². The molecule has 1 fully saturated rings. The molecule has 0 aliphatic carbocycles. The van der Waals surface area contributed by atoms with Crippen molar-refractivity contribution in [3.63, 3.8) is 0 Å². The molecule has 1 aliphatic rings. The fraction of sp³-hybridized carbons (Fsp3) is 0.273. The van der Waals surface area contributed by atoms with Gasteiger partial charge in [0, 0.05) is 32.3 Å². The lowest BCUT2D eigenvalue weighted by molar-refractivity contribution is -0.119. The molecule has 1 aromatic heterocycles. The minimum atomic E-state index is -0.156.